The number of hydrogen-bond acceptors (Lipinski definition) is 5. The zero-order valence-corrected chi connectivity index (χ0v) is 18.9. The Morgan fingerprint density at radius 1 is 0.781 bits per heavy atom. The zero-order valence-electron chi connectivity index (χ0n) is 18.9. The summed E-state index contributed by atoms with van der Waals surface area (Å²) in [7, 11) is 3.25. The smallest absolute Gasteiger partial charge is 0.128 e. The predicted octanol–water partition coefficient (Wildman–Crippen LogP) is 4.14. The van der Waals surface area contributed by atoms with Gasteiger partial charge in [0, 0.05) is 44.4 Å². The second-order valence-corrected chi connectivity index (χ2v) is 8.18. The number of nitrogens with zero attached hydrogens (tertiary/aromatic N) is 2. The normalized spacial score (nSPS) is 16.1. The van der Waals surface area contributed by atoms with Gasteiger partial charge in [0.05, 0.1) is 26.4 Å². The number of benzene rings is 3. The molecule has 5 nitrogen and oxygen atoms in total. The lowest BCUT2D eigenvalue weighted by molar-refractivity contribution is 0.0613. The predicted molar refractivity (Wildman–Crippen MR) is 127 cm³/mol. The van der Waals surface area contributed by atoms with Crippen LogP contribution in [-0.4, -0.2) is 61.8 Å². The minimum absolute atomic E-state index is 0.242. The van der Waals surface area contributed by atoms with Crippen molar-refractivity contribution in [2.45, 2.75) is 12.1 Å². The minimum atomic E-state index is -0.610. The van der Waals surface area contributed by atoms with Crippen LogP contribution in [0.1, 0.15) is 28.8 Å². The molecule has 1 heterocycles. The molecule has 0 bridgehead atoms. The van der Waals surface area contributed by atoms with Crippen LogP contribution in [0.25, 0.3) is 0 Å². The molecule has 0 aliphatic carbocycles. The number of rotatable bonds is 8. The van der Waals surface area contributed by atoms with Gasteiger partial charge in [0.2, 0.25) is 0 Å². The Hall–Kier alpha value is -2.86. The molecule has 1 unspecified atom stereocenters. The Labute approximate surface area is 190 Å². The Morgan fingerprint density at radius 3 is 1.91 bits per heavy atom. The average molecular weight is 433 g/mol. The van der Waals surface area contributed by atoms with Crippen molar-refractivity contribution >= 4 is 0 Å². The molecule has 5 heteroatoms. The van der Waals surface area contributed by atoms with Crippen molar-refractivity contribution in [3.8, 4) is 11.5 Å². The summed E-state index contributed by atoms with van der Waals surface area (Å²) in [5.74, 6) is 1.38. The number of methoxy groups -OCH3 is 2. The van der Waals surface area contributed by atoms with Gasteiger partial charge >= 0.3 is 0 Å². The number of hydrogen-bond donors (Lipinski definition) is 1. The van der Waals surface area contributed by atoms with E-state index in [9.17, 15) is 5.11 Å². The summed E-state index contributed by atoms with van der Waals surface area (Å²) in [6.07, 6.45) is -0.610. The quantitative estimate of drug-likeness (QED) is 0.580. The van der Waals surface area contributed by atoms with E-state index in [1.54, 1.807) is 14.2 Å². The Morgan fingerprint density at radius 2 is 1.38 bits per heavy atom. The van der Waals surface area contributed by atoms with Gasteiger partial charge < -0.3 is 14.6 Å². The molecule has 1 fully saturated rings. The molecule has 3 aromatic carbocycles. The first-order valence-electron chi connectivity index (χ1n) is 11.2. The molecule has 1 aliphatic heterocycles. The Kier molecular flexibility index (Phi) is 7.43. The molecule has 0 radical (unpaired) electrons. The SMILES string of the molecule is COc1ccc(C(O)CN2CCN(C(c3ccccc3)c3ccccc3)CC2)c(OC)c1. The summed E-state index contributed by atoms with van der Waals surface area (Å²) < 4.78 is 10.7. The van der Waals surface area contributed by atoms with Crippen molar-refractivity contribution in [2.75, 3.05) is 46.9 Å². The molecule has 168 valence electrons. The summed E-state index contributed by atoms with van der Waals surface area (Å²) in [4.78, 5) is 4.87. The van der Waals surface area contributed by atoms with Crippen LogP contribution < -0.4 is 9.47 Å². The first kappa shape index (κ1) is 22.3. The maximum atomic E-state index is 10.9. The second-order valence-electron chi connectivity index (χ2n) is 8.18. The fourth-order valence-electron chi connectivity index (χ4n) is 4.53. The monoisotopic (exact) mass is 432 g/mol. The standard InChI is InChI=1S/C27H32N2O3/c1-31-23-13-14-24(26(19-23)32-2)25(30)20-28-15-17-29(18-16-28)27(21-9-5-3-6-10-21)22-11-7-4-8-12-22/h3-14,19,25,27,30H,15-18,20H2,1-2H3. The van der Waals surface area contributed by atoms with Gasteiger partial charge in [-0.05, 0) is 23.3 Å². The topological polar surface area (TPSA) is 45.2 Å². The maximum Gasteiger partial charge on any atom is 0.128 e. The van der Waals surface area contributed by atoms with Crippen molar-refractivity contribution in [1.29, 1.82) is 0 Å². The number of ether oxygens (including phenoxy) is 2. The van der Waals surface area contributed by atoms with Crippen LogP contribution in [0.2, 0.25) is 0 Å². The Bertz CT molecular complexity index is 933. The van der Waals surface area contributed by atoms with Gasteiger partial charge in [-0.3, -0.25) is 9.80 Å². The molecule has 0 amide bonds. The summed E-state index contributed by atoms with van der Waals surface area (Å²) in [5, 5.41) is 10.9. The first-order chi connectivity index (χ1) is 15.7. The molecule has 0 aromatic heterocycles. The first-order valence-corrected chi connectivity index (χ1v) is 11.2. The molecule has 32 heavy (non-hydrogen) atoms. The molecular weight excluding hydrogens is 400 g/mol. The zero-order chi connectivity index (χ0) is 22.3. The number of β-amino-alcohol motifs (C(OH)–C–C–N with tert-alkyl or cyclic N) is 1. The molecular formula is C27H32N2O3. The van der Waals surface area contributed by atoms with E-state index in [-0.39, 0.29) is 6.04 Å². The van der Waals surface area contributed by atoms with Crippen LogP contribution in [0.4, 0.5) is 0 Å². The maximum absolute atomic E-state index is 10.9. The van der Waals surface area contributed by atoms with Crippen molar-refractivity contribution in [3.63, 3.8) is 0 Å². The van der Waals surface area contributed by atoms with Crippen LogP contribution in [-0.2, 0) is 0 Å². The van der Waals surface area contributed by atoms with E-state index in [1.165, 1.54) is 11.1 Å². The van der Waals surface area contributed by atoms with Crippen molar-refractivity contribution < 1.29 is 14.6 Å². The molecule has 4 rings (SSSR count). The highest BCUT2D eigenvalue weighted by atomic mass is 16.5. The molecule has 1 saturated heterocycles. The number of aliphatic hydroxyl groups excluding tert-OH is 1. The van der Waals surface area contributed by atoms with Crippen LogP contribution in [0.15, 0.2) is 78.9 Å². The fraction of sp³-hybridized carbons (Fsp3) is 0.333. The molecule has 0 spiro atoms. The molecule has 1 aliphatic rings. The van der Waals surface area contributed by atoms with Gasteiger partial charge in [0.25, 0.3) is 0 Å². The third-order valence-electron chi connectivity index (χ3n) is 6.23. The van der Waals surface area contributed by atoms with Crippen molar-refractivity contribution in [2.24, 2.45) is 0 Å². The van der Waals surface area contributed by atoms with E-state index in [4.69, 9.17) is 9.47 Å². The van der Waals surface area contributed by atoms with Crippen LogP contribution in [0, 0.1) is 0 Å². The van der Waals surface area contributed by atoms with E-state index < -0.39 is 6.10 Å². The minimum Gasteiger partial charge on any atom is -0.497 e. The summed E-state index contributed by atoms with van der Waals surface area (Å²) in [5.41, 5.74) is 3.42. The van der Waals surface area contributed by atoms with Crippen molar-refractivity contribution in [3.05, 3.63) is 95.6 Å². The van der Waals surface area contributed by atoms with Gasteiger partial charge in [0.1, 0.15) is 11.5 Å². The van der Waals surface area contributed by atoms with Gasteiger partial charge in [-0.2, -0.15) is 0 Å². The van der Waals surface area contributed by atoms with E-state index in [0.717, 1.165) is 37.5 Å². The largest absolute Gasteiger partial charge is 0.497 e. The summed E-state index contributed by atoms with van der Waals surface area (Å²) >= 11 is 0. The third kappa shape index (κ3) is 5.13. The van der Waals surface area contributed by atoms with E-state index in [1.807, 2.05) is 18.2 Å². The molecule has 0 saturated carbocycles. The highest BCUT2D eigenvalue weighted by Gasteiger charge is 2.27. The second kappa shape index (κ2) is 10.6. The molecule has 3 aromatic rings. The third-order valence-corrected chi connectivity index (χ3v) is 6.23. The Balaban J connectivity index is 1.43. The van der Waals surface area contributed by atoms with Crippen LogP contribution >= 0.6 is 0 Å². The lowest BCUT2D eigenvalue weighted by Gasteiger charge is -2.40. The summed E-state index contributed by atoms with van der Waals surface area (Å²) in [6.45, 7) is 4.29. The lowest BCUT2D eigenvalue weighted by Crippen LogP contribution is -2.48. The van der Waals surface area contributed by atoms with E-state index >= 15 is 0 Å². The van der Waals surface area contributed by atoms with Crippen LogP contribution in [0.3, 0.4) is 0 Å². The molecule has 1 N–H and O–H groups in total. The van der Waals surface area contributed by atoms with Gasteiger partial charge in [-0.15, -0.1) is 0 Å². The van der Waals surface area contributed by atoms with Gasteiger partial charge in [-0.25, -0.2) is 0 Å². The highest BCUT2D eigenvalue weighted by molar-refractivity contribution is 5.42. The highest BCUT2D eigenvalue weighted by Crippen LogP contribution is 2.32. The molecule has 1 atom stereocenters. The van der Waals surface area contributed by atoms with E-state index in [2.05, 4.69) is 70.5 Å². The number of piperazine rings is 1. The van der Waals surface area contributed by atoms with Crippen LogP contribution in [0.5, 0.6) is 11.5 Å². The van der Waals surface area contributed by atoms with Gasteiger partial charge in [0.15, 0.2) is 0 Å². The van der Waals surface area contributed by atoms with Gasteiger partial charge in [-0.1, -0.05) is 60.7 Å². The van der Waals surface area contributed by atoms with E-state index in [0.29, 0.717) is 12.3 Å². The average Bonchev–Trinajstić information content (AvgIpc) is 2.86. The van der Waals surface area contributed by atoms with Crippen molar-refractivity contribution in [1.82, 2.24) is 9.80 Å². The fourth-order valence-corrected chi connectivity index (χ4v) is 4.53. The number of aliphatic hydroxyl groups is 1. The lowest BCUT2D eigenvalue weighted by atomic mass is 9.96. The summed E-state index contributed by atoms with van der Waals surface area (Å²) in [6, 6.07) is 27.2.